The quantitative estimate of drug-likeness (QED) is 0.663. The molecule has 0 aromatic heterocycles. The number of benzene rings is 2. The smallest absolute Gasteiger partial charge is 0.263 e. The van der Waals surface area contributed by atoms with Gasteiger partial charge in [-0.15, -0.1) is 0 Å². The van der Waals surface area contributed by atoms with E-state index in [2.05, 4.69) is 5.32 Å². The zero-order valence-corrected chi connectivity index (χ0v) is 16.4. The highest BCUT2D eigenvalue weighted by Gasteiger charge is 2.24. The summed E-state index contributed by atoms with van der Waals surface area (Å²) in [4.78, 5) is 26.2. The first-order chi connectivity index (χ1) is 14.3. The minimum absolute atomic E-state index is 0.230. The molecule has 158 valence electrons. The third kappa shape index (κ3) is 5.73. The molecule has 0 bridgehead atoms. The van der Waals surface area contributed by atoms with Crippen LogP contribution in [0.3, 0.4) is 0 Å². The maximum Gasteiger partial charge on any atom is 0.263 e. The lowest BCUT2D eigenvalue weighted by molar-refractivity contribution is -0.140. The lowest BCUT2D eigenvalue weighted by Crippen LogP contribution is -2.44. The van der Waals surface area contributed by atoms with Crippen LogP contribution >= 0.6 is 0 Å². The summed E-state index contributed by atoms with van der Waals surface area (Å²) in [5.41, 5.74) is -0.0836. The Hall–Kier alpha value is -3.54. The second-order valence-electron chi connectivity index (χ2n) is 6.43. The van der Waals surface area contributed by atoms with E-state index in [0.29, 0.717) is 23.8 Å². The summed E-state index contributed by atoms with van der Waals surface area (Å²) >= 11 is 0. The van der Waals surface area contributed by atoms with Crippen LogP contribution in [0.15, 0.2) is 36.4 Å². The van der Waals surface area contributed by atoms with Crippen LogP contribution in [0.1, 0.15) is 25.8 Å². The Morgan fingerprint density at radius 3 is 2.40 bits per heavy atom. The fourth-order valence-electron chi connectivity index (χ4n) is 2.64. The summed E-state index contributed by atoms with van der Waals surface area (Å²) in [6, 6.07) is 9.74. The zero-order chi connectivity index (χ0) is 22.3. The van der Waals surface area contributed by atoms with Gasteiger partial charge >= 0.3 is 0 Å². The van der Waals surface area contributed by atoms with Crippen molar-refractivity contribution >= 4 is 17.5 Å². The number of amides is 2. The van der Waals surface area contributed by atoms with E-state index in [1.165, 1.54) is 11.8 Å². The Kier molecular flexibility index (Phi) is 7.81. The van der Waals surface area contributed by atoms with Gasteiger partial charge in [-0.25, -0.2) is 13.2 Å². The summed E-state index contributed by atoms with van der Waals surface area (Å²) in [5, 5.41) is 11.0. The van der Waals surface area contributed by atoms with Gasteiger partial charge in [-0.2, -0.15) is 5.26 Å². The van der Waals surface area contributed by atoms with Gasteiger partial charge in [0.2, 0.25) is 5.91 Å². The molecule has 2 amide bonds. The third-order valence-corrected chi connectivity index (χ3v) is 4.09. The number of nitriles is 1. The number of hydrogen-bond acceptors (Lipinski definition) is 4. The van der Waals surface area contributed by atoms with Crippen molar-refractivity contribution in [3.05, 3.63) is 59.4 Å². The molecule has 2 aromatic rings. The first-order valence-electron chi connectivity index (χ1n) is 9.15. The summed E-state index contributed by atoms with van der Waals surface area (Å²) in [6.45, 7) is 3.12. The van der Waals surface area contributed by atoms with E-state index < -0.39 is 47.6 Å². The highest BCUT2D eigenvalue weighted by Crippen LogP contribution is 2.20. The number of rotatable bonds is 8. The Morgan fingerprint density at radius 2 is 1.80 bits per heavy atom. The molecule has 0 fully saturated rings. The maximum atomic E-state index is 13.7. The van der Waals surface area contributed by atoms with Crippen LogP contribution in [0.25, 0.3) is 0 Å². The average Bonchev–Trinajstić information content (AvgIpc) is 2.73. The van der Waals surface area contributed by atoms with Crippen molar-refractivity contribution in [3.8, 4) is 11.8 Å². The van der Waals surface area contributed by atoms with Gasteiger partial charge in [0.1, 0.15) is 5.75 Å². The highest BCUT2D eigenvalue weighted by molar-refractivity contribution is 5.95. The van der Waals surface area contributed by atoms with E-state index in [1.54, 1.807) is 31.2 Å². The van der Waals surface area contributed by atoms with Crippen LogP contribution in [-0.2, 0) is 9.59 Å². The molecule has 0 radical (unpaired) electrons. The van der Waals surface area contributed by atoms with Crippen LogP contribution in [-0.4, -0.2) is 35.9 Å². The summed E-state index contributed by atoms with van der Waals surface area (Å²) in [6.07, 6.45) is -0.389. The van der Waals surface area contributed by atoms with Crippen LogP contribution in [0.4, 0.5) is 18.9 Å². The normalized spacial score (nSPS) is 11.3. The molecule has 0 aliphatic heterocycles. The fourth-order valence-corrected chi connectivity index (χ4v) is 2.64. The van der Waals surface area contributed by atoms with Crippen LogP contribution in [0, 0.1) is 28.8 Å². The van der Waals surface area contributed by atoms with Crippen molar-refractivity contribution in [2.75, 3.05) is 18.4 Å². The van der Waals surface area contributed by atoms with Gasteiger partial charge in [-0.1, -0.05) is 6.92 Å². The predicted molar refractivity (Wildman–Crippen MR) is 103 cm³/mol. The zero-order valence-electron chi connectivity index (χ0n) is 16.4. The minimum Gasteiger partial charge on any atom is -0.481 e. The number of ether oxygens (including phenoxy) is 1. The summed E-state index contributed by atoms with van der Waals surface area (Å²) in [5.74, 6) is -5.47. The molecule has 0 aliphatic rings. The van der Waals surface area contributed by atoms with Crippen molar-refractivity contribution in [1.82, 2.24) is 4.90 Å². The van der Waals surface area contributed by atoms with Gasteiger partial charge in [0.15, 0.2) is 23.6 Å². The summed E-state index contributed by atoms with van der Waals surface area (Å²) in [7, 11) is 0. The van der Waals surface area contributed by atoms with Crippen molar-refractivity contribution in [3.63, 3.8) is 0 Å². The number of nitrogens with zero attached hydrogens (tertiary/aromatic N) is 2. The molecule has 1 N–H and O–H groups in total. The fraction of sp³-hybridized carbons (Fsp3) is 0.286. The molecule has 0 aliphatic carbocycles. The average molecular weight is 419 g/mol. The van der Waals surface area contributed by atoms with E-state index in [0.717, 1.165) is 6.07 Å². The number of nitrogens with one attached hydrogen (secondary N) is 1. The van der Waals surface area contributed by atoms with E-state index >= 15 is 0 Å². The molecule has 0 heterocycles. The molecule has 0 saturated heterocycles. The van der Waals surface area contributed by atoms with Crippen LogP contribution in [0.2, 0.25) is 0 Å². The van der Waals surface area contributed by atoms with Crippen LogP contribution < -0.4 is 10.1 Å². The largest absolute Gasteiger partial charge is 0.481 e. The molecule has 2 rings (SSSR count). The third-order valence-electron chi connectivity index (χ3n) is 4.09. The van der Waals surface area contributed by atoms with Crippen molar-refractivity contribution in [2.24, 2.45) is 0 Å². The molecule has 1 atom stereocenters. The van der Waals surface area contributed by atoms with Gasteiger partial charge in [-0.05, 0) is 49.7 Å². The Labute approximate surface area is 171 Å². The number of carbonyl (C=O) groups excluding carboxylic acids is 2. The lowest BCUT2D eigenvalue weighted by atomic mass is 10.2. The first-order valence-corrected chi connectivity index (χ1v) is 9.15. The summed E-state index contributed by atoms with van der Waals surface area (Å²) < 4.78 is 45.6. The van der Waals surface area contributed by atoms with Gasteiger partial charge in [0, 0.05) is 6.54 Å². The van der Waals surface area contributed by atoms with Crippen LogP contribution in [0.5, 0.6) is 5.75 Å². The maximum absolute atomic E-state index is 13.7. The van der Waals surface area contributed by atoms with Crippen molar-refractivity contribution in [1.29, 1.82) is 5.26 Å². The van der Waals surface area contributed by atoms with E-state index in [4.69, 9.17) is 10.00 Å². The van der Waals surface area contributed by atoms with E-state index in [-0.39, 0.29) is 6.54 Å². The Bertz CT molecular complexity index is 958. The molecule has 0 saturated carbocycles. The van der Waals surface area contributed by atoms with Crippen molar-refractivity contribution in [2.45, 2.75) is 26.4 Å². The minimum atomic E-state index is -1.70. The number of hydrogen-bond donors (Lipinski definition) is 1. The highest BCUT2D eigenvalue weighted by atomic mass is 19.2. The van der Waals surface area contributed by atoms with Gasteiger partial charge in [0.25, 0.3) is 5.91 Å². The Balaban J connectivity index is 2.04. The number of halogens is 3. The standard InChI is InChI=1S/C21H20F3N3O3/c1-3-10-27(12-18(28)26-17-9-8-16(22)19(23)20(17)24)21(29)13(2)30-15-6-4-14(11-25)5-7-15/h4-9,13H,3,10,12H2,1-2H3,(H,26,28). The van der Waals surface area contributed by atoms with E-state index in [9.17, 15) is 22.8 Å². The van der Waals surface area contributed by atoms with Gasteiger partial charge < -0.3 is 15.0 Å². The SMILES string of the molecule is CCCN(CC(=O)Nc1ccc(F)c(F)c1F)C(=O)C(C)Oc1ccc(C#N)cc1. The predicted octanol–water partition coefficient (Wildman–Crippen LogP) is 3.62. The second-order valence-corrected chi connectivity index (χ2v) is 6.43. The Morgan fingerprint density at radius 1 is 1.13 bits per heavy atom. The molecule has 6 nitrogen and oxygen atoms in total. The molecule has 0 spiro atoms. The number of anilines is 1. The molecular weight excluding hydrogens is 399 g/mol. The molecule has 2 aromatic carbocycles. The first kappa shape index (κ1) is 22.7. The monoisotopic (exact) mass is 419 g/mol. The lowest BCUT2D eigenvalue weighted by Gasteiger charge is -2.25. The van der Waals surface area contributed by atoms with Gasteiger partial charge in [0.05, 0.1) is 23.9 Å². The molecule has 1 unspecified atom stereocenters. The molecule has 30 heavy (non-hydrogen) atoms. The second kappa shape index (κ2) is 10.3. The topological polar surface area (TPSA) is 82.4 Å². The van der Waals surface area contributed by atoms with Gasteiger partial charge in [-0.3, -0.25) is 9.59 Å². The molecule has 9 heteroatoms. The molecular formula is C21H20F3N3O3. The van der Waals surface area contributed by atoms with E-state index in [1.807, 2.05) is 6.07 Å². The number of carbonyl (C=O) groups is 2. The van der Waals surface area contributed by atoms with Crippen molar-refractivity contribution < 1.29 is 27.5 Å².